The van der Waals surface area contributed by atoms with E-state index in [1.807, 2.05) is 32.0 Å². The molecule has 1 amide bonds. The van der Waals surface area contributed by atoms with E-state index in [-0.39, 0.29) is 23.9 Å². The average Bonchev–Trinajstić information content (AvgIpc) is 3.06. The average molecular weight is 380 g/mol. The van der Waals surface area contributed by atoms with Crippen molar-refractivity contribution in [3.8, 4) is 0 Å². The van der Waals surface area contributed by atoms with Gasteiger partial charge in [-0.15, -0.1) is 0 Å². The number of rotatable bonds is 7. The zero-order valence-corrected chi connectivity index (χ0v) is 17.0. The van der Waals surface area contributed by atoms with Crippen LogP contribution >= 0.6 is 0 Å². The van der Waals surface area contributed by atoms with Crippen molar-refractivity contribution in [3.63, 3.8) is 0 Å². The van der Waals surface area contributed by atoms with E-state index in [9.17, 15) is 9.59 Å². The Morgan fingerprint density at radius 3 is 2.50 bits per heavy atom. The number of carbonyl (C=O) groups is 1. The molecule has 0 fully saturated rings. The fourth-order valence-corrected chi connectivity index (χ4v) is 3.89. The molecule has 0 aliphatic carbocycles. The standard InChI is InChI=1S/C22H28N4O2/c1-5-16(6-2)22(17-10-8-7-9-11-17)24-20(27)12-18-14(3)23-19-13-21(28)25-26(19)15(18)4/h7-11,13,16,22H,5-6,12H2,1-4H3,(H,24,27)(H,25,28). The second-order valence-corrected chi connectivity index (χ2v) is 7.28. The highest BCUT2D eigenvalue weighted by molar-refractivity contribution is 5.79. The lowest BCUT2D eigenvalue weighted by atomic mass is 9.88. The van der Waals surface area contributed by atoms with Gasteiger partial charge in [0.2, 0.25) is 5.91 Å². The number of nitrogens with zero attached hydrogens (tertiary/aromatic N) is 2. The number of aromatic nitrogens is 3. The summed E-state index contributed by atoms with van der Waals surface area (Å²) in [5, 5.41) is 5.98. The highest BCUT2D eigenvalue weighted by Gasteiger charge is 2.23. The molecule has 0 saturated heterocycles. The Balaban J connectivity index is 1.87. The van der Waals surface area contributed by atoms with E-state index in [0.717, 1.165) is 35.4 Å². The maximum atomic E-state index is 13.0. The Hall–Kier alpha value is -2.89. The molecule has 3 aromatic rings. The largest absolute Gasteiger partial charge is 0.349 e. The molecule has 2 N–H and O–H groups in total. The van der Waals surface area contributed by atoms with Gasteiger partial charge < -0.3 is 5.32 Å². The molecular weight excluding hydrogens is 352 g/mol. The van der Waals surface area contributed by atoms with Crippen LogP contribution in [0.2, 0.25) is 0 Å². The van der Waals surface area contributed by atoms with Gasteiger partial charge in [-0.1, -0.05) is 57.0 Å². The van der Waals surface area contributed by atoms with Crippen LogP contribution in [-0.4, -0.2) is 20.5 Å². The Morgan fingerprint density at radius 2 is 1.86 bits per heavy atom. The molecule has 0 aliphatic rings. The third-order valence-corrected chi connectivity index (χ3v) is 5.54. The number of aryl methyl sites for hydroxylation is 2. The molecular formula is C22H28N4O2. The lowest BCUT2D eigenvalue weighted by molar-refractivity contribution is -0.121. The van der Waals surface area contributed by atoms with Gasteiger partial charge in [0.1, 0.15) is 0 Å². The van der Waals surface area contributed by atoms with E-state index < -0.39 is 0 Å². The lowest BCUT2D eigenvalue weighted by Gasteiger charge is -2.27. The van der Waals surface area contributed by atoms with Crippen LogP contribution in [0.5, 0.6) is 0 Å². The molecule has 6 heteroatoms. The van der Waals surface area contributed by atoms with Crippen molar-refractivity contribution >= 4 is 11.6 Å². The monoisotopic (exact) mass is 380 g/mol. The molecule has 3 rings (SSSR count). The van der Waals surface area contributed by atoms with Gasteiger partial charge >= 0.3 is 0 Å². The van der Waals surface area contributed by atoms with Crippen molar-refractivity contribution < 1.29 is 4.79 Å². The Morgan fingerprint density at radius 1 is 1.18 bits per heavy atom. The lowest BCUT2D eigenvalue weighted by Crippen LogP contribution is -2.34. The zero-order chi connectivity index (χ0) is 20.3. The fourth-order valence-electron chi connectivity index (χ4n) is 3.89. The number of benzene rings is 1. The van der Waals surface area contributed by atoms with E-state index in [2.05, 4.69) is 41.4 Å². The van der Waals surface area contributed by atoms with Gasteiger partial charge in [0.05, 0.1) is 12.5 Å². The van der Waals surface area contributed by atoms with E-state index in [1.165, 1.54) is 6.07 Å². The maximum absolute atomic E-state index is 13.0. The van der Waals surface area contributed by atoms with Crippen molar-refractivity contribution in [1.29, 1.82) is 0 Å². The Labute approximate surface area is 165 Å². The van der Waals surface area contributed by atoms with Crippen molar-refractivity contribution in [3.05, 3.63) is 69.3 Å². The van der Waals surface area contributed by atoms with Crippen LogP contribution in [0, 0.1) is 19.8 Å². The number of aromatic amines is 1. The summed E-state index contributed by atoms with van der Waals surface area (Å²) in [6.07, 6.45) is 2.21. The van der Waals surface area contributed by atoms with Crippen molar-refractivity contribution in [2.24, 2.45) is 5.92 Å². The molecule has 0 saturated carbocycles. The predicted molar refractivity (Wildman–Crippen MR) is 110 cm³/mol. The number of hydrogen-bond donors (Lipinski definition) is 2. The summed E-state index contributed by atoms with van der Waals surface area (Å²) in [5.41, 5.74) is 3.94. The Bertz CT molecular complexity index is 1020. The number of amides is 1. The summed E-state index contributed by atoms with van der Waals surface area (Å²) in [6.45, 7) is 8.09. The molecule has 0 spiro atoms. The first kappa shape index (κ1) is 19.9. The molecule has 0 aliphatic heterocycles. The van der Waals surface area contributed by atoms with Crippen LogP contribution in [0.25, 0.3) is 5.65 Å². The number of fused-ring (bicyclic) bond motifs is 1. The van der Waals surface area contributed by atoms with Crippen LogP contribution < -0.4 is 10.9 Å². The normalized spacial score (nSPS) is 12.5. The fraction of sp³-hybridized carbons (Fsp3) is 0.409. The van der Waals surface area contributed by atoms with Crippen LogP contribution in [-0.2, 0) is 11.2 Å². The van der Waals surface area contributed by atoms with Crippen molar-refractivity contribution in [2.45, 2.75) is 53.0 Å². The smallest absolute Gasteiger partial charge is 0.266 e. The summed E-state index contributed by atoms with van der Waals surface area (Å²) >= 11 is 0. The summed E-state index contributed by atoms with van der Waals surface area (Å²) in [4.78, 5) is 29.1. The molecule has 28 heavy (non-hydrogen) atoms. The maximum Gasteiger partial charge on any atom is 0.266 e. The molecule has 0 radical (unpaired) electrons. The third kappa shape index (κ3) is 4.01. The molecule has 2 heterocycles. The topological polar surface area (TPSA) is 79.3 Å². The van der Waals surface area contributed by atoms with Crippen LogP contribution in [0.1, 0.15) is 55.2 Å². The second kappa shape index (κ2) is 8.42. The van der Waals surface area contributed by atoms with Gasteiger partial charge in [-0.3, -0.25) is 14.7 Å². The minimum atomic E-state index is -0.200. The van der Waals surface area contributed by atoms with E-state index in [0.29, 0.717) is 11.6 Å². The zero-order valence-electron chi connectivity index (χ0n) is 17.0. The molecule has 1 unspecified atom stereocenters. The van der Waals surface area contributed by atoms with Crippen molar-refractivity contribution in [2.75, 3.05) is 0 Å². The third-order valence-electron chi connectivity index (χ3n) is 5.54. The number of H-pyrrole nitrogens is 1. The van der Waals surface area contributed by atoms with Gasteiger partial charge in [-0.05, 0) is 25.3 Å². The first-order valence-electron chi connectivity index (χ1n) is 9.86. The molecule has 1 atom stereocenters. The molecule has 2 aromatic heterocycles. The molecule has 0 bridgehead atoms. The number of carbonyl (C=O) groups excluding carboxylic acids is 1. The quantitative estimate of drug-likeness (QED) is 0.659. The van der Waals surface area contributed by atoms with Crippen LogP contribution in [0.4, 0.5) is 0 Å². The van der Waals surface area contributed by atoms with Gasteiger partial charge in [-0.25, -0.2) is 9.50 Å². The number of hydrogen-bond acceptors (Lipinski definition) is 3. The van der Waals surface area contributed by atoms with Crippen LogP contribution in [0.15, 0.2) is 41.2 Å². The van der Waals surface area contributed by atoms with E-state index >= 15 is 0 Å². The van der Waals surface area contributed by atoms with Gasteiger partial charge in [-0.2, -0.15) is 0 Å². The molecule has 6 nitrogen and oxygen atoms in total. The first-order valence-corrected chi connectivity index (χ1v) is 9.86. The summed E-state index contributed by atoms with van der Waals surface area (Å²) in [5.74, 6) is 0.331. The molecule has 1 aromatic carbocycles. The van der Waals surface area contributed by atoms with E-state index in [4.69, 9.17) is 0 Å². The summed E-state index contributed by atoms with van der Waals surface area (Å²) in [7, 11) is 0. The predicted octanol–water partition coefficient (Wildman–Crippen LogP) is 3.48. The van der Waals surface area contributed by atoms with Crippen molar-refractivity contribution in [1.82, 2.24) is 19.9 Å². The van der Waals surface area contributed by atoms with Gasteiger partial charge in [0, 0.05) is 23.0 Å². The highest BCUT2D eigenvalue weighted by atomic mass is 16.1. The second-order valence-electron chi connectivity index (χ2n) is 7.28. The summed E-state index contributed by atoms with van der Waals surface area (Å²) in [6, 6.07) is 11.6. The molecule has 148 valence electrons. The Kier molecular flexibility index (Phi) is 5.97. The van der Waals surface area contributed by atoms with Gasteiger partial charge in [0.15, 0.2) is 5.65 Å². The highest BCUT2D eigenvalue weighted by Crippen LogP contribution is 2.27. The minimum Gasteiger partial charge on any atom is -0.349 e. The first-order chi connectivity index (χ1) is 13.4. The SMILES string of the molecule is CCC(CC)C(NC(=O)Cc1c(C)nc2cc(=O)[nH]n2c1C)c1ccccc1. The minimum absolute atomic E-state index is 0.0209. The van der Waals surface area contributed by atoms with E-state index in [1.54, 1.807) is 4.52 Å². The van der Waals surface area contributed by atoms with Gasteiger partial charge in [0.25, 0.3) is 5.56 Å². The summed E-state index contributed by atoms with van der Waals surface area (Å²) < 4.78 is 1.65. The number of nitrogens with one attached hydrogen (secondary N) is 2. The van der Waals surface area contributed by atoms with Crippen LogP contribution in [0.3, 0.4) is 0 Å².